The summed E-state index contributed by atoms with van der Waals surface area (Å²) in [4.78, 5) is 8.00. The van der Waals surface area contributed by atoms with Crippen molar-refractivity contribution in [3.8, 4) is 18.0 Å². The van der Waals surface area contributed by atoms with Gasteiger partial charge in [0.25, 0.3) is 0 Å². The molecule has 0 aromatic carbocycles. The molecule has 0 N–H and O–H groups in total. The van der Waals surface area contributed by atoms with Gasteiger partial charge in [0.05, 0.1) is 31.2 Å². The summed E-state index contributed by atoms with van der Waals surface area (Å²) in [7, 11) is 0. The fourth-order valence-electron chi connectivity index (χ4n) is 2.14. The van der Waals surface area contributed by atoms with E-state index in [1.54, 1.807) is 12.3 Å². The monoisotopic (exact) mass is 324 g/mol. The van der Waals surface area contributed by atoms with Gasteiger partial charge in [-0.2, -0.15) is 10.3 Å². The van der Waals surface area contributed by atoms with Gasteiger partial charge in [-0.3, -0.25) is 0 Å². The number of aromatic nitrogens is 2. The van der Waals surface area contributed by atoms with Crippen LogP contribution < -0.4 is 5.49 Å². The number of nitriles is 1. The first kappa shape index (κ1) is 15.3. The molecule has 114 valence electrons. The van der Waals surface area contributed by atoms with Gasteiger partial charge in [-0.15, -0.1) is 0 Å². The number of ether oxygens (including phenoxy) is 1. The van der Waals surface area contributed by atoms with Gasteiger partial charge >= 0.3 is 0 Å². The predicted molar refractivity (Wildman–Crippen MR) is 85.1 cm³/mol. The lowest BCUT2D eigenvalue weighted by Crippen LogP contribution is -2.26. The molecule has 1 aliphatic rings. The van der Waals surface area contributed by atoms with Gasteiger partial charge in [0.15, 0.2) is 5.49 Å². The van der Waals surface area contributed by atoms with E-state index in [2.05, 4.69) is 21.8 Å². The minimum absolute atomic E-state index is 0.263. The predicted octanol–water partition coefficient (Wildman–Crippen LogP) is 1.96. The number of hydrogen-bond acceptors (Lipinski definition) is 4. The lowest BCUT2D eigenvalue weighted by atomic mass is 10.1. The average molecular weight is 325 g/mol. The van der Waals surface area contributed by atoms with Crippen LogP contribution in [0.5, 0.6) is 0 Å². The third-order valence-corrected chi connectivity index (χ3v) is 3.61. The number of nitrogens with zero attached hydrogens (tertiary/aromatic N) is 4. The molecule has 0 amide bonds. The summed E-state index contributed by atoms with van der Waals surface area (Å²) in [6, 6.07) is 7.38. The minimum atomic E-state index is 0.263. The highest BCUT2D eigenvalue weighted by Gasteiger charge is 2.14. The van der Waals surface area contributed by atoms with Crippen LogP contribution in [0.2, 0.25) is 5.15 Å². The van der Waals surface area contributed by atoms with Crippen molar-refractivity contribution >= 4 is 11.6 Å². The summed E-state index contributed by atoms with van der Waals surface area (Å²) in [6.45, 7) is 1.87. The van der Waals surface area contributed by atoms with Crippen LogP contribution in [0.1, 0.15) is 11.1 Å². The van der Waals surface area contributed by atoms with Crippen molar-refractivity contribution in [3.05, 3.63) is 58.4 Å². The molecule has 0 radical (unpaired) electrons. The van der Waals surface area contributed by atoms with Crippen molar-refractivity contribution in [2.24, 2.45) is 10.9 Å². The first-order valence-corrected chi connectivity index (χ1v) is 7.46. The van der Waals surface area contributed by atoms with Gasteiger partial charge in [-0.1, -0.05) is 29.5 Å². The highest BCUT2D eigenvalue weighted by Crippen LogP contribution is 2.08. The Morgan fingerprint density at radius 1 is 1.39 bits per heavy atom. The summed E-state index contributed by atoms with van der Waals surface area (Å²) in [5.74, 6) is 6.51. The molecular weight excluding hydrogens is 312 g/mol. The van der Waals surface area contributed by atoms with Gasteiger partial charge in [-0.05, 0) is 23.8 Å². The third kappa shape index (κ3) is 3.78. The van der Waals surface area contributed by atoms with Crippen molar-refractivity contribution in [1.29, 1.82) is 5.26 Å². The molecule has 3 rings (SSSR count). The second kappa shape index (κ2) is 7.11. The Morgan fingerprint density at radius 3 is 2.91 bits per heavy atom. The molecule has 0 spiro atoms. The molecule has 2 aromatic heterocycles. The van der Waals surface area contributed by atoms with Gasteiger partial charge in [0.2, 0.25) is 6.19 Å². The van der Waals surface area contributed by atoms with Crippen LogP contribution in [0.15, 0.2) is 41.7 Å². The Hall–Kier alpha value is -2.60. The van der Waals surface area contributed by atoms with E-state index in [0.717, 1.165) is 11.1 Å². The molecule has 1 fully saturated rings. The maximum atomic E-state index is 8.98. The highest BCUT2D eigenvalue weighted by molar-refractivity contribution is 6.29. The van der Waals surface area contributed by atoms with Crippen molar-refractivity contribution < 1.29 is 4.74 Å². The molecule has 5 nitrogen and oxygen atoms in total. The second-order valence-electron chi connectivity index (χ2n) is 5.08. The van der Waals surface area contributed by atoms with Gasteiger partial charge in [0.1, 0.15) is 5.15 Å². The molecule has 0 atom stereocenters. The SMILES string of the molecule is N#CN=c1c(C#CC2COC2)cccn1Cc1ccc(Cl)nc1. The molecular formula is C17H13ClN4O. The van der Waals surface area contributed by atoms with E-state index in [4.69, 9.17) is 21.6 Å². The summed E-state index contributed by atoms with van der Waals surface area (Å²) in [5, 5.41) is 9.43. The van der Waals surface area contributed by atoms with Crippen molar-refractivity contribution in [2.45, 2.75) is 6.54 Å². The van der Waals surface area contributed by atoms with E-state index < -0.39 is 0 Å². The molecule has 1 aliphatic heterocycles. The summed E-state index contributed by atoms with van der Waals surface area (Å²) < 4.78 is 6.98. The Kier molecular flexibility index (Phi) is 4.73. The van der Waals surface area contributed by atoms with E-state index in [1.807, 2.05) is 35.2 Å². The number of rotatable bonds is 2. The number of halogens is 1. The van der Waals surface area contributed by atoms with E-state index in [9.17, 15) is 0 Å². The zero-order valence-corrected chi connectivity index (χ0v) is 13.0. The zero-order valence-electron chi connectivity index (χ0n) is 12.2. The topological polar surface area (TPSA) is 63.2 Å². The van der Waals surface area contributed by atoms with Crippen LogP contribution in [-0.4, -0.2) is 22.8 Å². The zero-order chi connectivity index (χ0) is 16.1. The molecule has 0 aliphatic carbocycles. The Labute approximate surface area is 138 Å². The fraction of sp³-hybridized carbons (Fsp3) is 0.235. The molecule has 1 saturated heterocycles. The van der Waals surface area contributed by atoms with Crippen molar-refractivity contribution in [1.82, 2.24) is 9.55 Å². The standard InChI is InChI=1S/C17H13ClN4O/c18-16-6-4-13(8-20-16)9-22-7-1-2-15(17(22)21-12-19)5-3-14-10-23-11-14/h1-2,4,6-8,14H,9-11H2. The molecule has 0 bridgehead atoms. The molecule has 3 heterocycles. The van der Waals surface area contributed by atoms with E-state index in [1.165, 1.54) is 0 Å². The van der Waals surface area contributed by atoms with Crippen LogP contribution in [-0.2, 0) is 11.3 Å². The Bertz CT molecular complexity index is 864. The Morgan fingerprint density at radius 2 is 2.26 bits per heavy atom. The maximum Gasteiger partial charge on any atom is 0.207 e. The average Bonchev–Trinajstić information content (AvgIpc) is 2.51. The minimum Gasteiger partial charge on any atom is -0.379 e. The molecule has 0 unspecified atom stereocenters. The first-order chi connectivity index (χ1) is 11.3. The largest absolute Gasteiger partial charge is 0.379 e. The van der Waals surface area contributed by atoms with Gasteiger partial charge in [-0.25, -0.2) is 4.98 Å². The number of hydrogen-bond donors (Lipinski definition) is 0. The van der Waals surface area contributed by atoms with Crippen molar-refractivity contribution in [3.63, 3.8) is 0 Å². The quantitative estimate of drug-likeness (QED) is 0.482. The summed E-state index contributed by atoms with van der Waals surface area (Å²) in [6.07, 6.45) is 5.42. The molecule has 0 saturated carbocycles. The van der Waals surface area contributed by atoms with Crippen LogP contribution in [0.3, 0.4) is 0 Å². The summed E-state index contributed by atoms with van der Waals surface area (Å²) >= 11 is 5.80. The lowest BCUT2D eigenvalue weighted by molar-refractivity contribution is -0.00300. The second-order valence-corrected chi connectivity index (χ2v) is 5.47. The highest BCUT2D eigenvalue weighted by atomic mass is 35.5. The maximum absolute atomic E-state index is 8.98. The smallest absolute Gasteiger partial charge is 0.207 e. The van der Waals surface area contributed by atoms with Crippen LogP contribution in [0.4, 0.5) is 0 Å². The number of pyridine rings is 2. The van der Waals surface area contributed by atoms with Crippen LogP contribution in [0.25, 0.3) is 0 Å². The molecule has 23 heavy (non-hydrogen) atoms. The first-order valence-electron chi connectivity index (χ1n) is 7.08. The van der Waals surface area contributed by atoms with E-state index in [-0.39, 0.29) is 5.92 Å². The van der Waals surface area contributed by atoms with E-state index >= 15 is 0 Å². The van der Waals surface area contributed by atoms with Gasteiger partial charge < -0.3 is 9.30 Å². The fourth-order valence-corrected chi connectivity index (χ4v) is 2.25. The van der Waals surface area contributed by atoms with E-state index in [0.29, 0.717) is 30.4 Å². The normalized spacial score (nSPS) is 14.5. The third-order valence-electron chi connectivity index (χ3n) is 3.39. The lowest BCUT2D eigenvalue weighted by Gasteiger charge is -2.20. The molecule has 6 heteroatoms. The summed E-state index contributed by atoms with van der Waals surface area (Å²) in [5.41, 5.74) is 2.23. The van der Waals surface area contributed by atoms with Crippen LogP contribution >= 0.6 is 11.6 Å². The molecule has 2 aromatic rings. The van der Waals surface area contributed by atoms with Gasteiger partial charge in [0, 0.05) is 12.4 Å². The van der Waals surface area contributed by atoms with Crippen molar-refractivity contribution in [2.75, 3.05) is 13.2 Å². The Balaban J connectivity index is 1.96. The van der Waals surface area contributed by atoms with Crippen LogP contribution in [0, 0.1) is 29.2 Å².